The number of carbonyl (C=O) groups excluding carboxylic acids is 2. The third-order valence-electron chi connectivity index (χ3n) is 4.54. The van der Waals surface area contributed by atoms with Crippen LogP contribution in [0.5, 0.6) is 0 Å². The molecule has 148 valence electrons. The summed E-state index contributed by atoms with van der Waals surface area (Å²) in [6.07, 6.45) is 0.176. The third-order valence-corrected chi connectivity index (χ3v) is 5.03. The predicted octanol–water partition coefficient (Wildman–Crippen LogP) is 4.54. The summed E-state index contributed by atoms with van der Waals surface area (Å²) in [4.78, 5) is 26.9. The molecule has 1 N–H and O–H groups in total. The maximum Gasteiger partial charge on any atom is 0.407 e. The van der Waals surface area contributed by atoms with Crippen molar-refractivity contribution in [2.75, 3.05) is 6.54 Å². The summed E-state index contributed by atoms with van der Waals surface area (Å²) in [5.74, 6) is -0.00517. The topological polar surface area (TPSA) is 58.6 Å². The number of nitrogens with zero attached hydrogens (tertiary/aromatic N) is 1. The molecular formula is C22H25BrN2O3. The van der Waals surface area contributed by atoms with Gasteiger partial charge in [0.2, 0.25) is 0 Å². The van der Waals surface area contributed by atoms with Gasteiger partial charge in [0.15, 0.2) is 0 Å². The van der Waals surface area contributed by atoms with Crippen LogP contribution in [-0.4, -0.2) is 35.1 Å². The molecule has 1 heterocycles. The molecule has 6 heteroatoms. The zero-order valence-electron chi connectivity index (χ0n) is 16.4. The van der Waals surface area contributed by atoms with Crippen molar-refractivity contribution in [1.82, 2.24) is 10.2 Å². The normalized spacial score (nSPS) is 14.6. The van der Waals surface area contributed by atoms with E-state index in [1.807, 2.05) is 74.2 Å². The Bertz CT molecular complexity index is 862. The lowest BCUT2D eigenvalue weighted by Crippen LogP contribution is -2.46. The highest BCUT2D eigenvalue weighted by atomic mass is 79.9. The highest BCUT2D eigenvalue weighted by Gasteiger charge is 2.33. The summed E-state index contributed by atoms with van der Waals surface area (Å²) in [5.41, 5.74) is 2.27. The monoisotopic (exact) mass is 444 g/mol. The van der Waals surface area contributed by atoms with Gasteiger partial charge in [-0.3, -0.25) is 4.79 Å². The number of rotatable bonds is 5. The number of nitrogens with one attached hydrogen (secondary N) is 1. The lowest BCUT2D eigenvalue weighted by molar-refractivity contribution is 0.0489. The second-order valence-electron chi connectivity index (χ2n) is 7.96. The van der Waals surface area contributed by atoms with E-state index < -0.39 is 11.7 Å². The van der Waals surface area contributed by atoms with Crippen molar-refractivity contribution in [2.24, 2.45) is 0 Å². The number of hydrogen-bond acceptors (Lipinski definition) is 3. The number of ether oxygens (including phenoxy) is 1. The number of hydrogen-bond donors (Lipinski definition) is 1. The van der Waals surface area contributed by atoms with Gasteiger partial charge in [0, 0.05) is 23.1 Å². The van der Waals surface area contributed by atoms with Gasteiger partial charge in [-0.05, 0) is 56.5 Å². The van der Waals surface area contributed by atoms with Crippen molar-refractivity contribution in [3.8, 4) is 0 Å². The standard InChI is InChI=1S/C22H25BrN2O3/c1-22(2,3)28-21(27)24-13-18(11-15-7-5-4-6-8-15)25-14-16-12-17(23)9-10-19(16)20(25)26/h4-10,12,18H,11,13-14H2,1-3H3,(H,24,27). The molecule has 0 bridgehead atoms. The zero-order valence-corrected chi connectivity index (χ0v) is 18.0. The summed E-state index contributed by atoms with van der Waals surface area (Å²) in [6.45, 7) is 6.33. The van der Waals surface area contributed by atoms with Crippen molar-refractivity contribution >= 4 is 27.9 Å². The van der Waals surface area contributed by atoms with Crippen molar-refractivity contribution in [1.29, 1.82) is 0 Å². The minimum Gasteiger partial charge on any atom is -0.444 e. The van der Waals surface area contributed by atoms with Gasteiger partial charge >= 0.3 is 6.09 Å². The number of fused-ring (bicyclic) bond motifs is 1. The largest absolute Gasteiger partial charge is 0.444 e. The molecule has 5 nitrogen and oxygen atoms in total. The van der Waals surface area contributed by atoms with Gasteiger partial charge in [-0.15, -0.1) is 0 Å². The smallest absolute Gasteiger partial charge is 0.407 e. The molecule has 0 spiro atoms. The number of alkyl carbamates (subject to hydrolysis) is 1. The van der Waals surface area contributed by atoms with Crippen LogP contribution in [0, 0.1) is 0 Å². The molecule has 1 unspecified atom stereocenters. The van der Waals surface area contributed by atoms with Gasteiger partial charge in [0.05, 0.1) is 6.04 Å². The van der Waals surface area contributed by atoms with Crippen LogP contribution in [0.4, 0.5) is 4.79 Å². The Balaban J connectivity index is 1.77. The average Bonchev–Trinajstić information content (AvgIpc) is 2.94. The molecule has 0 saturated heterocycles. The predicted molar refractivity (Wildman–Crippen MR) is 112 cm³/mol. The molecule has 1 aliphatic heterocycles. The fraction of sp³-hybridized carbons (Fsp3) is 0.364. The van der Waals surface area contributed by atoms with E-state index in [2.05, 4.69) is 21.2 Å². The van der Waals surface area contributed by atoms with Crippen LogP contribution in [0.2, 0.25) is 0 Å². The molecule has 0 radical (unpaired) electrons. The van der Waals surface area contributed by atoms with E-state index in [1.54, 1.807) is 0 Å². The maximum atomic E-state index is 13.0. The fourth-order valence-electron chi connectivity index (χ4n) is 3.30. The van der Waals surface area contributed by atoms with E-state index in [4.69, 9.17) is 4.74 Å². The van der Waals surface area contributed by atoms with Crippen LogP contribution >= 0.6 is 15.9 Å². The minimum atomic E-state index is -0.564. The molecule has 1 aliphatic rings. The van der Waals surface area contributed by atoms with E-state index in [-0.39, 0.29) is 11.9 Å². The lowest BCUT2D eigenvalue weighted by atomic mass is 10.0. The molecule has 0 aromatic heterocycles. The number of amides is 2. The van der Waals surface area contributed by atoms with Crippen LogP contribution in [0.25, 0.3) is 0 Å². The second-order valence-corrected chi connectivity index (χ2v) is 8.88. The van der Waals surface area contributed by atoms with Crippen LogP contribution in [0.1, 0.15) is 42.3 Å². The fourth-order valence-corrected chi connectivity index (χ4v) is 3.71. The molecule has 2 aromatic rings. The first-order chi connectivity index (χ1) is 13.2. The lowest BCUT2D eigenvalue weighted by Gasteiger charge is -2.29. The van der Waals surface area contributed by atoms with E-state index in [0.717, 1.165) is 21.2 Å². The van der Waals surface area contributed by atoms with E-state index in [9.17, 15) is 9.59 Å². The molecule has 2 aromatic carbocycles. The molecule has 1 atom stereocenters. The molecule has 0 fully saturated rings. The van der Waals surface area contributed by atoms with Crippen molar-refractivity contribution in [3.63, 3.8) is 0 Å². The summed E-state index contributed by atoms with van der Waals surface area (Å²) in [5, 5.41) is 2.83. The van der Waals surface area contributed by atoms with E-state index in [1.165, 1.54) is 0 Å². The molecule has 0 aliphatic carbocycles. The molecule has 2 amide bonds. The molecule has 3 rings (SSSR count). The van der Waals surface area contributed by atoms with Gasteiger partial charge in [-0.25, -0.2) is 4.79 Å². The highest BCUT2D eigenvalue weighted by Crippen LogP contribution is 2.28. The molecule has 0 saturated carbocycles. The molecule has 28 heavy (non-hydrogen) atoms. The Morgan fingerprint density at radius 2 is 1.93 bits per heavy atom. The van der Waals surface area contributed by atoms with Crippen LogP contribution in [0.3, 0.4) is 0 Å². The number of carbonyl (C=O) groups is 2. The SMILES string of the molecule is CC(C)(C)OC(=O)NCC(Cc1ccccc1)N1Cc2cc(Br)ccc2C1=O. The van der Waals surface area contributed by atoms with Crippen LogP contribution < -0.4 is 5.32 Å². The van der Waals surface area contributed by atoms with E-state index in [0.29, 0.717) is 19.5 Å². The summed E-state index contributed by atoms with van der Waals surface area (Å²) < 4.78 is 6.30. The van der Waals surface area contributed by atoms with Crippen molar-refractivity contribution in [2.45, 2.75) is 45.4 Å². The number of benzene rings is 2. The highest BCUT2D eigenvalue weighted by molar-refractivity contribution is 9.10. The van der Waals surface area contributed by atoms with Gasteiger partial charge < -0.3 is 15.0 Å². The van der Waals surface area contributed by atoms with E-state index >= 15 is 0 Å². The van der Waals surface area contributed by atoms with Crippen molar-refractivity contribution in [3.05, 3.63) is 69.7 Å². The zero-order chi connectivity index (χ0) is 20.3. The molecular weight excluding hydrogens is 420 g/mol. The van der Waals surface area contributed by atoms with Crippen LogP contribution in [-0.2, 0) is 17.7 Å². The Hall–Kier alpha value is -2.34. The van der Waals surface area contributed by atoms with Gasteiger partial charge in [0.25, 0.3) is 5.91 Å². The first-order valence-electron chi connectivity index (χ1n) is 9.33. The number of halogens is 1. The Morgan fingerprint density at radius 1 is 1.21 bits per heavy atom. The van der Waals surface area contributed by atoms with Gasteiger partial charge in [-0.1, -0.05) is 46.3 Å². The summed E-state index contributed by atoms with van der Waals surface area (Å²) >= 11 is 3.47. The van der Waals surface area contributed by atoms with Crippen molar-refractivity contribution < 1.29 is 14.3 Å². The van der Waals surface area contributed by atoms with Gasteiger partial charge in [0.1, 0.15) is 5.60 Å². The minimum absolute atomic E-state index is 0.00517. The first kappa shape index (κ1) is 20.4. The summed E-state index contributed by atoms with van der Waals surface area (Å²) in [6, 6.07) is 15.5. The first-order valence-corrected chi connectivity index (χ1v) is 10.1. The Morgan fingerprint density at radius 3 is 2.61 bits per heavy atom. The average molecular weight is 445 g/mol. The Kier molecular flexibility index (Phi) is 6.08. The maximum absolute atomic E-state index is 13.0. The third kappa shape index (κ3) is 5.13. The Labute approximate surface area is 174 Å². The second kappa shape index (κ2) is 8.35. The van der Waals surface area contributed by atoms with Gasteiger partial charge in [-0.2, -0.15) is 0 Å². The van der Waals surface area contributed by atoms with Crippen LogP contribution in [0.15, 0.2) is 53.0 Å². The summed E-state index contributed by atoms with van der Waals surface area (Å²) in [7, 11) is 0. The quantitative estimate of drug-likeness (QED) is 0.735.